The van der Waals surface area contributed by atoms with Gasteiger partial charge in [-0.25, -0.2) is 18.5 Å². The Hall–Kier alpha value is -1.24. The van der Waals surface area contributed by atoms with Crippen LogP contribution in [0.25, 0.3) is 10.6 Å². The highest BCUT2D eigenvalue weighted by molar-refractivity contribution is 7.89. The third kappa shape index (κ3) is 2.13. The van der Waals surface area contributed by atoms with Gasteiger partial charge in [0.1, 0.15) is 5.01 Å². The van der Waals surface area contributed by atoms with Crippen molar-refractivity contribution in [1.82, 2.24) is 4.98 Å². The largest absolute Gasteiger partial charge is 0.245 e. The number of benzene rings is 1. The van der Waals surface area contributed by atoms with Crippen molar-refractivity contribution in [2.75, 3.05) is 0 Å². The van der Waals surface area contributed by atoms with Crippen LogP contribution in [0, 0.1) is 6.92 Å². The highest BCUT2D eigenvalue weighted by Crippen LogP contribution is 2.25. The number of thiazole rings is 1. The smallest absolute Gasteiger partial charge is 0.238 e. The lowest BCUT2D eigenvalue weighted by molar-refractivity contribution is 0.597. The topological polar surface area (TPSA) is 73.0 Å². The van der Waals surface area contributed by atoms with E-state index in [0.29, 0.717) is 5.56 Å². The number of sulfonamides is 1. The summed E-state index contributed by atoms with van der Waals surface area (Å²) in [7, 11) is -3.67. The zero-order valence-electron chi connectivity index (χ0n) is 8.54. The summed E-state index contributed by atoms with van der Waals surface area (Å²) in [6.07, 6.45) is 1.68. The molecule has 2 aromatic rings. The number of nitrogens with two attached hydrogens (primary N) is 1. The van der Waals surface area contributed by atoms with E-state index in [-0.39, 0.29) is 4.90 Å². The van der Waals surface area contributed by atoms with Gasteiger partial charge in [-0.2, -0.15) is 0 Å². The normalized spacial score (nSPS) is 11.6. The second-order valence-electron chi connectivity index (χ2n) is 3.36. The van der Waals surface area contributed by atoms with E-state index in [9.17, 15) is 8.42 Å². The van der Waals surface area contributed by atoms with Gasteiger partial charge in [-0.05, 0) is 18.6 Å². The van der Waals surface area contributed by atoms with Gasteiger partial charge >= 0.3 is 0 Å². The predicted octanol–water partition coefficient (Wildman–Crippen LogP) is 1.77. The first-order valence-corrected chi connectivity index (χ1v) is 6.94. The number of hydrogen-bond acceptors (Lipinski definition) is 4. The van der Waals surface area contributed by atoms with Crippen molar-refractivity contribution in [2.45, 2.75) is 11.8 Å². The fourth-order valence-electron chi connectivity index (χ4n) is 1.41. The zero-order valence-corrected chi connectivity index (χ0v) is 10.2. The fourth-order valence-corrected chi connectivity index (χ4v) is 2.85. The molecule has 0 unspecified atom stereocenters. The number of aromatic nitrogens is 1. The molecule has 0 radical (unpaired) electrons. The Labute approximate surface area is 97.8 Å². The Morgan fingerprint density at radius 3 is 2.69 bits per heavy atom. The summed E-state index contributed by atoms with van der Waals surface area (Å²) in [4.78, 5) is 4.28. The summed E-state index contributed by atoms with van der Waals surface area (Å²) in [6.45, 7) is 1.71. The summed E-state index contributed by atoms with van der Waals surface area (Å²) in [5.74, 6) is 0. The molecule has 0 atom stereocenters. The second-order valence-corrected chi connectivity index (χ2v) is 5.79. The summed E-state index contributed by atoms with van der Waals surface area (Å²) in [6, 6.07) is 5.13. The first-order valence-electron chi connectivity index (χ1n) is 4.52. The minimum atomic E-state index is -3.67. The van der Waals surface area contributed by atoms with Crippen molar-refractivity contribution in [1.29, 1.82) is 0 Å². The standard InChI is InChI=1S/C10H10N2O2S2/c1-7-2-3-8(10-12-4-5-15-10)6-9(7)16(11,13)14/h2-6H,1H3,(H2,11,13,14). The highest BCUT2D eigenvalue weighted by atomic mass is 32.2. The van der Waals surface area contributed by atoms with Gasteiger partial charge in [0.15, 0.2) is 0 Å². The zero-order chi connectivity index (χ0) is 11.8. The molecular weight excluding hydrogens is 244 g/mol. The van der Waals surface area contributed by atoms with Crippen molar-refractivity contribution < 1.29 is 8.42 Å². The van der Waals surface area contributed by atoms with Gasteiger partial charge in [-0.15, -0.1) is 11.3 Å². The molecule has 6 heteroatoms. The summed E-state index contributed by atoms with van der Waals surface area (Å²) in [5, 5.41) is 7.76. The van der Waals surface area contributed by atoms with E-state index < -0.39 is 10.0 Å². The van der Waals surface area contributed by atoms with E-state index in [4.69, 9.17) is 5.14 Å². The van der Waals surface area contributed by atoms with Crippen LogP contribution in [0.4, 0.5) is 0 Å². The second kappa shape index (κ2) is 3.97. The molecule has 0 aliphatic heterocycles. The van der Waals surface area contributed by atoms with Crippen LogP contribution in [0.1, 0.15) is 5.56 Å². The van der Waals surface area contributed by atoms with Crippen LogP contribution in [-0.4, -0.2) is 13.4 Å². The summed E-state index contributed by atoms with van der Waals surface area (Å²) < 4.78 is 22.7. The monoisotopic (exact) mass is 254 g/mol. The molecule has 0 saturated carbocycles. The van der Waals surface area contributed by atoms with E-state index in [1.165, 1.54) is 11.3 Å². The van der Waals surface area contributed by atoms with E-state index >= 15 is 0 Å². The van der Waals surface area contributed by atoms with Gasteiger partial charge in [-0.3, -0.25) is 0 Å². The Morgan fingerprint density at radius 1 is 1.38 bits per heavy atom. The predicted molar refractivity (Wildman–Crippen MR) is 63.7 cm³/mol. The lowest BCUT2D eigenvalue weighted by atomic mass is 10.1. The Bertz CT molecular complexity index is 604. The lowest BCUT2D eigenvalue weighted by Crippen LogP contribution is -2.13. The molecule has 0 spiro atoms. The van der Waals surface area contributed by atoms with Gasteiger partial charge in [-0.1, -0.05) is 12.1 Å². The molecule has 1 heterocycles. The SMILES string of the molecule is Cc1ccc(-c2nccs2)cc1S(N)(=O)=O. The van der Waals surface area contributed by atoms with Gasteiger partial charge < -0.3 is 0 Å². The van der Waals surface area contributed by atoms with Gasteiger partial charge in [0.25, 0.3) is 0 Å². The lowest BCUT2D eigenvalue weighted by Gasteiger charge is -2.04. The quantitative estimate of drug-likeness (QED) is 0.887. The molecule has 0 aliphatic carbocycles. The Kier molecular flexibility index (Phi) is 2.79. The van der Waals surface area contributed by atoms with Crippen molar-refractivity contribution >= 4 is 21.4 Å². The third-order valence-electron chi connectivity index (χ3n) is 2.17. The molecule has 1 aromatic heterocycles. The van der Waals surface area contributed by atoms with Crippen LogP contribution in [0.5, 0.6) is 0 Å². The van der Waals surface area contributed by atoms with Crippen LogP contribution < -0.4 is 5.14 Å². The van der Waals surface area contributed by atoms with Crippen molar-refractivity contribution in [3.63, 3.8) is 0 Å². The molecular formula is C10H10N2O2S2. The van der Waals surface area contributed by atoms with Gasteiger partial charge in [0.05, 0.1) is 4.90 Å². The van der Waals surface area contributed by atoms with E-state index in [0.717, 1.165) is 10.6 Å². The number of rotatable bonds is 2. The molecule has 84 valence electrons. The molecule has 0 amide bonds. The first-order chi connectivity index (χ1) is 7.48. The molecule has 2 rings (SSSR count). The molecule has 0 saturated heterocycles. The number of aryl methyl sites for hydroxylation is 1. The van der Waals surface area contributed by atoms with Crippen LogP contribution >= 0.6 is 11.3 Å². The van der Waals surface area contributed by atoms with Crippen LogP contribution in [-0.2, 0) is 10.0 Å². The average molecular weight is 254 g/mol. The number of hydrogen-bond donors (Lipinski definition) is 1. The van der Waals surface area contributed by atoms with E-state index in [2.05, 4.69) is 4.98 Å². The van der Waals surface area contributed by atoms with Crippen molar-refractivity contribution in [3.05, 3.63) is 35.3 Å². The maximum atomic E-state index is 11.3. The third-order valence-corrected chi connectivity index (χ3v) is 4.05. The van der Waals surface area contributed by atoms with Crippen molar-refractivity contribution in [2.24, 2.45) is 5.14 Å². The molecule has 4 nitrogen and oxygen atoms in total. The summed E-state index contributed by atoms with van der Waals surface area (Å²) >= 11 is 1.45. The minimum absolute atomic E-state index is 0.153. The van der Waals surface area contributed by atoms with Gasteiger partial charge in [0.2, 0.25) is 10.0 Å². The maximum Gasteiger partial charge on any atom is 0.238 e. The number of nitrogens with zero attached hydrogens (tertiary/aromatic N) is 1. The molecule has 2 N–H and O–H groups in total. The Balaban J connectivity index is 2.61. The minimum Gasteiger partial charge on any atom is -0.245 e. The Morgan fingerprint density at radius 2 is 2.12 bits per heavy atom. The molecule has 0 fully saturated rings. The first kappa shape index (κ1) is 11.3. The maximum absolute atomic E-state index is 11.3. The molecule has 0 aliphatic rings. The van der Waals surface area contributed by atoms with Crippen LogP contribution in [0.3, 0.4) is 0 Å². The highest BCUT2D eigenvalue weighted by Gasteiger charge is 2.13. The van der Waals surface area contributed by atoms with Gasteiger partial charge in [0, 0.05) is 17.1 Å². The van der Waals surface area contributed by atoms with Crippen LogP contribution in [0.15, 0.2) is 34.7 Å². The molecule has 16 heavy (non-hydrogen) atoms. The van der Waals surface area contributed by atoms with E-state index in [1.54, 1.807) is 25.3 Å². The average Bonchev–Trinajstić information content (AvgIpc) is 2.69. The number of primary sulfonamides is 1. The fraction of sp³-hybridized carbons (Fsp3) is 0.100. The van der Waals surface area contributed by atoms with Crippen molar-refractivity contribution in [3.8, 4) is 10.6 Å². The van der Waals surface area contributed by atoms with E-state index in [1.807, 2.05) is 11.4 Å². The molecule has 1 aromatic carbocycles. The summed E-state index contributed by atoms with van der Waals surface area (Å²) in [5.41, 5.74) is 1.41. The van der Waals surface area contributed by atoms with Crippen LogP contribution in [0.2, 0.25) is 0 Å². The molecule has 0 bridgehead atoms.